The summed E-state index contributed by atoms with van der Waals surface area (Å²) in [6, 6.07) is 6.90. The van der Waals surface area contributed by atoms with Gasteiger partial charge < -0.3 is 26.0 Å². The molecule has 258 valence electrons. The highest BCUT2D eigenvalue weighted by atomic mass is 16.3. The number of hydrogen-bond acceptors (Lipinski definition) is 5. The molecular formula is C37H66N4O4. The van der Waals surface area contributed by atoms with E-state index in [1.165, 1.54) is 61.8 Å². The standard InChI is InChI=1S/C26H46N4O3.C7H8O.2C2H6/c1-3-15-28-25(21-13-14-21)26(33)30(2)18-24(32)29-17-23(31)27-16-7-11-19-8-4-5-12-22(19)20-9-6-10-20;1-6-2-4-7(8)5-3-6;2*1-2/h19-22,25,28H,3-18H2,1-2H3,(H,27,31)(H,29,32);2-5,8H,1H3;2*1-2H3. The average molecular weight is 631 g/mol. The lowest BCUT2D eigenvalue weighted by Gasteiger charge is -2.41. The lowest BCUT2D eigenvalue weighted by atomic mass is 9.64. The van der Waals surface area contributed by atoms with E-state index in [2.05, 4.69) is 22.9 Å². The van der Waals surface area contributed by atoms with Crippen molar-refractivity contribution in [3.05, 3.63) is 29.8 Å². The smallest absolute Gasteiger partial charge is 0.240 e. The monoisotopic (exact) mass is 631 g/mol. The minimum Gasteiger partial charge on any atom is -0.508 e. The molecule has 45 heavy (non-hydrogen) atoms. The van der Waals surface area contributed by atoms with Crippen molar-refractivity contribution in [3.63, 3.8) is 0 Å². The molecular weight excluding hydrogens is 564 g/mol. The Morgan fingerprint density at radius 2 is 1.51 bits per heavy atom. The number of carbonyl (C=O) groups is 3. The van der Waals surface area contributed by atoms with Crippen LogP contribution in [0.25, 0.3) is 0 Å². The molecule has 8 heteroatoms. The van der Waals surface area contributed by atoms with Crippen molar-refractivity contribution in [1.29, 1.82) is 0 Å². The van der Waals surface area contributed by atoms with Gasteiger partial charge in [-0.1, -0.05) is 90.8 Å². The van der Waals surface area contributed by atoms with Gasteiger partial charge in [-0.05, 0) is 87.8 Å². The summed E-state index contributed by atoms with van der Waals surface area (Å²) in [5.74, 6) is 2.95. The number of aromatic hydroxyl groups is 1. The second kappa shape index (κ2) is 23.7. The number of phenolic OH excluding ortho intramolecular Hbond substituents is 1. The summed E-state index contributed by atoms with van der Waals surface area (Å²) >= 11 is 0. The molecule has 4 rings (SSSR count). The van der Waals surface area contributed by atoms with Crippen LogP contribution < -0.4 is 16.0 Å². The van der Waals surface area contributed by atoms with Crippen molar-refractivity contribution < 1.29 is 19.5 Å². The molecule has 3 saturated carbocycles. The quantitative estimate of drug-likeness (QED) is 0.173. The van der Waals surface area contributed by atoms with Gasteiger partial charge in [0, 0.05) is 13.6 Å². The van der Waals surface area contributed by atoms with Gasteiger partial charge in [0.25, 0.3) is 0 Å². The fraction of sp³-hybridized carbons (Fsp3) is 0.757. The van der Waals surface area contributed by atoms with Crippen molar-refractivity contribution in [2.24, 2.45) is 23.7 Å². The lowest BCUT2D eigenvalue weighted by Crippen LogP contribution is -2.50. The van der Waals surface area contributed by atoms with E-state index in [0.29, 0.717) is 18.2 Å². The van der Waals surface area contributed by atoms with E-state index in [-0.39, 0.29) is 36.9 Å². The van der Waals surface area contributed by atoms with Crippen molar-refractivity contribution in [3.8, 4) is 5.75 Å². The number of amides is 3. The SMILES string of the molecule is CC.CC.CCCNC(C(=O)N(C)CC(=O)NCC(=O)NCCCC1CCCCC1C1CCC1)C1CC1.Cc1ccc(O)cc1. The molecule has 0 aromatic heterocycles. The summed E-state index contributed by atoms with van der Waals surface area (Å²) in [6.07, 6.45) is 15.1. The maximum atomic E-state index is 12.7. The van der Waals surface area contributed by atoms with Crippen LogP contribution in [-0.2, 0) is 14.4 Å². The molecule has 1 aromatic carbocycles. The number of likely N-dealkylation sites (N-methyl/N-ethyl adjacent to an activating group) is 1. The topological polar surface area (TPSA) is 111 Å². The van der Waals surface area contributed by atoms with Crippen LogP contribution in [0.2, 0.25) is 0 Å². The molecule has 0 aliphatic heterocycles. The summed E-state index contributed by atoms with van der Waals surface area (Å²) in [5, 5.41) is 17.7. The third-order valence-electron chi connectivity index (χ3n) is 9.01. The molecule has 3 aliphatic rings. The Bertz CT molecular complexity index is 925. The van der Waals surface area contributed by atoms with E-state index >= 15 is 0 Å². The van der Waals surface area contributed by atoms with Gasteiger partial charge in [0.15, 0.2) is 0 Å². The second-order valence-corrected chi connectivity index (χ2v) is 12.5. The molecule has 0 spiro atoms. The Kier molecular flexibility index (Phi) is 21.3. The van der Waals surface area contributed by atoms with Crippen LogP contribution in [0.5, 0.6) is 5.75 Å². The van der Waals surface area contributed by atoms with E-state index in [1.807, 2.05) is 46.8 Å². The summed E-state index contributed by atoms with van der Waals surface area (Å²) in [4.78, 5) is 38.6. The number of phenols is 1. The van der Waals surface area contributed by atoms with Crippen LogP contribution in [0.4, 0.5) is 0 Å². The van der Waals surface area contributed by atoms with Crippen LogP contribution in [0.1, 0.15) is 117 Å². The first-order chi connectivity index (χ1) is 21.8. The van der Waals surface area contributed by atoms with Crippen LogP contribution in [0.15, 0.2) is 24.3 Å². The normalized spacial score (nSPS) is 19.4. The molecule has 3 atom stereocenters. The van der Waals surface area contributed by atoms with Gasteiger partial charge in [0.2, 0.25) is 17.7 Å². The maximum Gasteiger partial charge on any atom is 0.240 e. The van der Waals surface area contributed by atoms with Gasteiger partial charge >= 0.3 is 0 Å². The van der Waals surface area contributed by atoms with Crippen molar-refractivity contribution in [2.45, 2.75) is 125 Å². The Hall–Kier alpha value is -2.61. The third kappa shape index (κ3) is 16.0. The van der Waals surface area contributed by atoms with Gasteiger partial charge in [-0.2, -0.15) is 0 Å². The van der Waals surface area contributed by atoms with E-state index in [1.54, 1.807) is 19.2 Å². The molecule has 3 aliphatic carbocycles. The van der Waals surface area contributed by atoms with Crippen LogP contribution in [0, 0.1) is 30.6 Å². The predicted octanol–water partition coefficient (Wildman–Crippen LogP) is 6.60. The first kappa shape index (κ1) is 40.4. The highest BCUT2D eigenvalue weighted by Gasteiger charge is 2.37. The Labute approximate surface area is 274 Å². The third-order valence-corrected chi connectivity index (χ3v) is 9.01. The fourth-order valence-electron chi connectivity index (χ4n) is 6.23. The predicted molar refractivity (Wildman–Crippen MR) is 186 cm³/mol. The van der Waals surface area contributed by atoms with Gasteiger partial charge in [0.1, 0.15) is 5.75 Å². The molecule has 4 N–H and O–H groups in total. The molecule has 0 radical (unpaired) electrons. The number of aryl methyl sites for hydroxylation is 1. The van der Waals surface area contributed by atoms with Gasteiger partial charge in [0.05, 0.1) is 19.1 Å². The lowest BCUT2D eigenvalue weighted by molar-refractivity contribution is -0.137. The number of rotatable bonds is 14. The molecule has 3 unspecified atom stereocenters. The summed E-state index contributed by atoms with van der Waals surface area (Å²) in [6.45, 7) is 13.5. The van der Waals surface area contributed by atoms with Gasteiger partial charge in [-0.15, -0.1) is 0 Å². The number of benzene rings is 1. The van der Waals surface area contributed by atoms with Crippen molar-refractivity contribution in [1.82, 2.24) is 20.9 Å². The molecule has 3 fully saturated rings. The highest BCUT2D eigenvalue weighted by Crippen LogP contribution is 2.45. The fourth-order valence-corrected chi connectivity index (χ4v) is 6.23. The average Bonchev–Trinajstić information content (AvgIpc) is 3.87. The molecule has 1 aromatic rings. The van der Waals surface area contributed by atoms with E-state index < -0.39 is 0 Å². The Balaban J connectivity index is 0.000000715. The summed E-state index contributed by atoms with van der Waals surface area (Å²) < 4.78 is 0. The van der Waals surface area contributed by atoms with E-state index in [0.717, 1.165) is 50.0 Å². The van der Waals surface area contributed by atoms with E-state index in [9.17, 15) is 14.4 Å². The van der Waals surface area contributed by atoms with Crippen LogP contribution in [0.3, 0.4) is 0 Å². The van der Waals surface area contributed by atoms with Gasteiger partial charge in [-0.3, -0.25) is 14.4 Å². The number of carbonyl (C=O) groups excluding carboxylic acids is 3. The Morgan fingerprint density at radius 3 is 2.07 bits per heavy atom. The number of hydrogen-bond donors (Lipinski definition) is 4. The zero-order valence-corrected chi connectivity index (χ0v) is 29.6. The zero-order valence-electron chi connectivity index (χ0n) is 29.6. The maximum absolute atomic E-state index is 12.7. The Morgan fingerprint density at radius 1 is 0.867 bits per heavy atom. The van der Waals surface area contributed by atoms with Gasteiger partial charge in [-0.25, -0.2) is 0 Å². The molecule has 0 bridgehead atoms. The molecule has 3 amide bonds. The van der Waals surface area contributed by atoms with E-state index in [4.69, 9.17) is 5.11 Å². The van der Waals surface area contributed by atoms with Crippen LogP contribution >= 0.6 is 0 Å². The summed E-state index contributed by atoms with van der Waals surface area (Å²) in [7, 11) is 1.66. The minimum absolute atomic E-state index is 0.0205. The molecule has 8 nitrogen and oxygen atoms in total. The molecule has 0 heterocycles. The largest absolute Gasteiger partial charge is 0.508 e. The van der Waals surface area contributed by atoms with Crippen molar-refractivity contribution >= 4 is 17.7 Å². The minimum atomic E-state index is -0.295. The second-order valence-electron chi connectivity index (χ2n) is 12.5. The van der Waals surface area contributed by atoms with Crippen molar-refractivity contribution in [2.75, 3.05) is 33.2 Å². The zero-order chi connectivity index (χ0) is 33.6. The highest BCUT2D eigenvalue weighted by molar-refractivity contribution is 5.89. The van der Waals surface area contributed by atoms with Crippen LogP contribution in [-0.4, -0.2) is 67.0 Å². The first-order valence-corrected chi connectivity index (χ1v) is 18.1. The molecule has 0 saturated heterocycles. The summed E-state index contributed by atoms with van der Waals surface area (Å²) in [5.41, 5.74) is 1.17. The number of nitrogens with zero attached hydrogens (tertiary/aromatic N) is 1. The first-order valence-electron chi connectivity index (χ1n) is 18.1. The number of nitrogens with one attached hydrogen (secondary N) is 3.